The molecule has 2 bridgehead atoms. The second-order valence-corrected chi connectivity index (χ2v) is 10.5. The van der Waals surface area contributed by atoms with Crippen LogP contribution < -0.4 is 5.32 Å². The highest BCUT2D eigenvalue weighted by Crippen LogP contribution is 2.54. The maximum absolute atomic E-state index is 13.4. The van der Waals surface area contributed by atoms with Crippen molar-refractivity contribution < 1.29 is 13.9 Å². The lowest BCUT2D eigenvalue weighted by molar-refractivity contribution is -0.127. The van der Waals surface area contributed by atoms with Gasteiger partial charge in [-0.2, -0.15) is 5.26 Å². The Hall–Kier alpha value is -2.79. The van der Waals surface area contributed by atoms with Crippen molar-refractivity contribution in [2.75, 3.05) is 18.4 Å². The minimum atomic E-state index is -2.50. The maximum atomic E-state index is 13.4. The van der Waals surface area contributed by atoms with Gasteiger partial charge in [0.25, 0.3) is 5.92 Å². The van der Waals surface area contributed by atoms with Crippen LogP contribution in [0.25, 0.3) is 11.3 Å². The van der Waals surface area contributed by atoms with Crippen molar-refractivity contribution in [1.82, 2.24) is 15.1 Å². The van der Waals surface area contributed by atoms with Crippen molar-refractivity contribution in [3.8, 4) is 23.1 Å². The molecule has 1 saturated heterocycles. The molecule has 2 heterocycles. The molecule has 178 valence electrons. The molecule has 0 amide bonds. The summed E-state index contributed by atoms with van der Waals surface area (Å²) in [5.74, 6) is -0.810. The van der Waals surface area contributed by atoms with Crippen molar-refractivity contribution >= 4 is 5.82 Å². The molecule has 8 heteroatoms. The van der Waals surface area contributed by atoms with Gasteiger partial charge in [0.2, 0.25) is 0 Å². The molecule has 3 fully saturated rings. The van der Waals surface area contributed by atoms with Crippen LogP contribution in [0.2, 0.25) is 0 Å². The fraction of sp³-hybridized carbons (Fsp3) is 0.577. The van der Waals surface area contributed by atoms with E-state index in [-0.39, 0.29) is 30.7 Å². The number of hydrogen-bond donors (Lipinski definition) is 2. The number of rotatable bonds is 4. The average Bonchev–Trinajstić information content (AvgIpc) is 2.83. The van der Waals surface area contributed by atoms with Crippen LogP contribution in [-0.4, -0.2) is 51.3 Å². The minimum Gasteiger partial charge on any atom is -0.507 e. The zero-order valence-corrected chi connectivity index (χ0v) is 19.1. The molecule has 0 spiro atoms. The van der Waals surface area contributed by atoms with Crippen molar-refractivity contribution in [3.05, 3.63) is 34.9 Å². The Bertz CT molecular complexity index is 1150. The summed E-state index contributed by atoms with van der Waals surface area (Å²) in [6.07, 6.45) is 6.40. The van der Waals surface area contributed by atoms with Crippen molar-refractivity contribution in [2.45, 2.75) is 81.2 Å². The predicted molar refractivity (Wildman–Crippen MR) is 124 cm³/mol. The molecule has 2 aromatic rings. The molecule has 2 N–H and O–H groups in total. The number of likely N-dealkylation sites (tertiary alicyclic amines) is 1. The van der Waals surface area contributed by atoms with Gasteiger partial charge in [0.15, 0.2) is 5.82 Å². The Labute approximate surface area is 198 Å². The van der Waals surface area contributed by atoms with Crippen LogP contribution in [0.3, 0.4) is 0 Å². The second kappa shape index (κ2) is 8.16. The fourth-order valence-corrected chi connectivity index (χ4v) is 6.60. The van der Waals surface area contributed by atoms with Crippen LogP contribution in [0.4, 0.5) is 14.6 Å². The van der Waals surface area contributed by atoms with Gasteiger partial charge in [0.1, 0.15) is 11.4 Å². The summed E-state index contributed by atoms with van der Waals surface area (Å²) in [6, 6.07) is 7.16. The van der Waals surface area contributed by atoms with Crippen LogP contribution in [0.5, 0.6) is 5.75 Å². The van der Waals surface area contributed by atoms with Crippen molar-refractivity contribution in [2.24, 2.45) is 0 Å². The standard InChI is InChI=1S/C26H29F2N5O/c27-26(28)11-19(12-26)33-9-1-2-18(14-33)30-25-23-17-6-4-16(5-7-17)22(23)24(31-32-25)20-8-3-15(13-29)10-21(20)34/h3,8,10,16-19,34H,1-2,4-7,9,11-12,14H2,(H,30,32)/t16?,17?,18-/m1/s1. The summed E-state index contributed by atoms with van der Waals surface area (Å²) in [4.78, 5) is 2.22. The number of nitrogens with zero attached hydrogens (tertiary/aromatic N) is 4. The number of aromatic nitrogens is 2. The van der Waals surface area contributed by atoms with E-state index < -0.39 is 5.92 Å². The number of anilines is 1. The number of piperidine rings is 1. The molecule has 0 radical (unpaired) electrons. The lowest BCUT2D eigenvalue weighted by Gasteiger charge is -2.46. The SMILES string of the molecule is N#Cc1ccc(-c2nnc(N[C@@H]3CCCN(C4CC(F)(F)C4)C3)c3c2C2CCC3CC2)c(O)c1. The van der Waals surface area contributed by atoms with Crippen LogP contribution in [-0.2, 0) is 0 Å². The summed E-state index contributed by atoms with van der Waals surface area (Å²) in [7, 11) is 0. The molecule has 6 nitrogen and oxygen atoms in total. The number of fused-ring (bicyclic) bond motifs is 2. The Morgan fingerprint density at radius 3 is 2.47 bits per heavy atom. The van der Waals surface area contributed by atoms with Gasteiger partial charge in [0, 0.05) is 42.6 Å². The van der Waals surface area contributed by atoms with Gasteiger partial charge in [-0.15, -0.1) is 10.2 Å². The molecule has 7 rings (SSSR count). The molecule has 1 aromatic carbocycles. The Morgan fingerprint density at radius 1 is 1.06 bits per heavy atom. The van der Waals surface area contributed by atoms with E-state index in [0.29, 0.717) is 23.0 Å². The van der Waals surface area contributed by atoms with Crippen LogP contribution in [0.1, 0.15) is 79.9 Å². The molecule has 1 aliphatic heterocycles. The Balaban J connectivity index is 1.31. The molecule has 1 atom stereocenters. The zero-order chi connectivity index (χ0) is 23.4. The topological polar surface area (TPSA) is 85.1 Å². The monoisotopic (exact) mass is 465 g/mol. The quantitative estimate of drug-likeness (QED) is 0.650. The van der Waals surface area contributed by atoms with Crippen LogP contribution in [0, 0.1) is 11.3 Å². The van der Waals surface area contributed by atoms with E-state index in [9.17, 15) is 13.9 Å². The second-order valence-electron chi connectivity index (χ2n) is 10.5. The first kappa shape index (κ1) is 21.7. The van der Waals surface area contributed by atoms with E-state index in [1.165, 1.54) is 17.2 Å². The number of alkyl halides is 2. The van der Waals surface area contributed by atoms with Gasteiger partial charge >= 0.3 is 0 Å². The van der Waals surface area contributed by atoms with E-state index in [2.05, 4.69) is 26.5 Å². The largest absolute Gasteiger partial charge is 0.507 e. The lowest BCUT2D eigenvalue weighted by atomic mass is 9.66. The lowest BCUT2D eigenvalue weighted by Crippen LogP contribution is -2.55. The molecule has 4 aliphatic carbocycles. The predicted octanol–water partition coefficient (Wildman–Crippen LogP) is 5.15. The molecule has 34 heavy (non-hydrogen) atoms. The molecular weight excluding hydrogens is 436 g/mol. The van der Waals surface area contributed by atoms with Crippen LogP contribution >= 0.6 is 0 Å². The van der Waals surface area contributed by atoms with Gasteiger partial charge in [-0.3, -0.25) is 4.90 Å². The summed E-state index contributed by atoms with van der Waals surface area (Å²) in [5, 5.41) is 32.6. The number of nitriles is 1. The Kier molecular flexibility index (Phi) is 5.21. The highest BCUT2D eigenvalue weighted by Gasteiger charge is 2.48. The van der Waals surface area contributed by atoms with E-state index in [4.69, 9.17) is 5.26 Å². The Morgan fingerprint density at radius 2 is 1.79 bits per heavy atom. The highest BCUT2D eigenvalue weighted by atomic mass is 19.3. The van der Waals surface area contributed by atoms with Gasteiger partial charge in [-0.25, -0.2) is 8.78 Å². The number of nitrogens with one attached hydrogen (secondary N) is 1. The molecule has 0 unspecified atom stereocenters. The molecule has 1 aromatic heterocycles. The third-order valence-corrected chi connectivity index (χ3v) is 8.35. The number of aromatic hydroxyl groups is 1. The summed E-state index contributed by atoms with van der Waals surface area (Å²) in [5.41, 5.74) is 4.17. The normalized spacial score (nSPS) is 28.1. The summed E-state index contributed by atoms with van der Waals surface area (Å²) >= 11 is 0. The first-order chi connectivity index (χ1) is 16.4. The third kappa shape index (κ3) is 3.70. The van der Waals surface area contributed by atoms with Crippen LogP contribution in [0.15, 0.2) is 18.2 Å². The number of benzene rings is 1. The van der Waals surface area contributed by atoms with Gasteiger partial charge in [-0.05, 0) is 80.7 Å². The summed E-state index contributed by atoms with van der Waals surface area (Å²) < 4.78 is 26.8. The van der Waals surface area contributed by atoms with Crippen molar-refractivity contribution in [1.29, 1.82) is 5.26 Å². The van der Waals surface area contributed by atoms with Gasteiger partial charge in [-0.1, -0.05) is 0 Å². The smallest absolute Gasteiger partial charge is 0.251 e. The van der Waals surface area contributed by atoms with Crippen molar-refractivity contribution in [3.63, 3.8) is 0 Å². The number of phenolic OH excluding ortho intramolecular Hbond substituents is 1. The number of hydrogen-bond acceptors (Lipinski definition) is 6. The van der Waals surface area contributed by atoms with E-state index in [1.54, 1.807) is 12.1 Å². The van der Waals surface area contributed by atoms with Gasteiger partial charge in [0.05, 0.1) is 11.6 Å². The molecular formula is C26H29F2N5O. The van der Waals surface area contributed by atoms with E-state index in [0.717, 1.165) is 63.1 Å². The average molecular weight is 466 g/mol. The minimum absolute atomic E-state index is 0.0163. The maximum Gasteiger partial charge on any atom is 0.251 e. The first-order valence-corrected chi connectivity index (χ1v) is 12.4. The van der Waals surface area contributed by atoms with E-state index in [1.807, 2.05) is 0 Å². The summed E-state index contributed by atoms with van der Waals surface area (Å²) in [6.45, 7) is 1.63. The highest BCUT2D eigenvalue weighted by molar-refractivity contribution is 5.75. The van der Waals surface area contributed by atoms with E-state index >= 15 is 0 Å². The number of phenols is 1. The fourth-order valence-electron chi connectivity index (χ4n) is 6.60. The number of halogens is 2. The van der Waals surface area contributed by atoms with Gasteiger partial charge < -0.3 is 10.4 Å². The first-order valence-electron chi connectivity index (χ1n) is 12.4. The molecule has 5 aliphatic rings. The third-order valence-electron chi connectivity index (χ3n) is 8.35. The zero-order valence-electron chi connectivity index (χ0n) is 19.1. The molecule has 2 saturated carbocycles.